The molecule has 2 heterocycles. The zero-order valence-corrected chi connectivity index (χ0v) is 15.4. The predicted octanol–water partition coefficient (Wildman–Crippen LogP) is 1.84. The lowest BCUT2D eigenvalue weighted by Gasteiger charge is -2.15. The van der Waals surface area contributed by atoms with Crippen molar-refractivity contribution in [3.63, 3.8) is 0 Å². The molecular weight excluding hydrogens is 346 g/mol. The van der Waals surface area contributed by atoms with Gasteiger partial charge in [-0.2, -0.15) is 0 Å². The summed E-state index contributed by atoms with van der Waals surface area (Å²) in [4.78, 5) is 17.0. The summed E-state index contributed by atoms with van der Waals surface area (Å²) in [7, 11) is -2.99. The number of hydrogen-bond donors (Lipinski definition) is 1. The second-order valence-corrected chi connectivity index (χ2v) is 9.53. The Morgan fingerprint density at radius 3 is 2.88 bits per heavy atom. The molecule has 1 N–H and O–H groups in total. The van der Waals surface area contributed by atoms with E-state index in [2.05, 4.69) is 14.9 Å². The number of carbonyl (C=O) groups excluding carboxylic acids is 1. The Bertz CT molecular complexity index is 861. The fourth-order valence-electron chi connectivity index (χ4n) is 2.89. The highest BCUT2D eigenvalue weighted by Crippen LogP contribution is 2.27. The molecule has 1 aliphatic heterocycles. The van der Waals surface area contributed by atoms with Crippen LogP contribution in [-0.4, -0.2) is 46.7 Å². The van der Waals surface area contributed by atoms with E-state index in [1.807, 2.05) is 38.1 Å². The number of hydrogen-bond acceptors (Lipinski definition) is 5. The molecule has 0 radical (unpaired) electrons. The Morgan fingerprint density at radius 2 is 2.21 bits per heavy atom. The molecule has 2 aromatic rings. The summed E-state index contributed by atoms with van der Waals surface area (Å²) in [6, 6.07) is 7.63. The largest absolute Gasteiger partial charge is 0.351 e. The van der Waals surface area contributed by atoms with Crippen LogP contribution < -0.4 is 5.32 Å². The molecule has 1 aromatic carbocycles. The maximum Gasteiger partial charge on any atom is 0.233 e. The number of thioether (sulfide) groups is 1. The van der Waals surface area contributed by atoms with Crippen molar-refractivity contribution in [2.45, 2.75) is 43.3 Å². The average Bonchev–Trinajstić information content (AvgIpc) is 3.06. The van der Waals surface area contributed by atoms with Crippen LogP contribution >= 0.6 is 11.8 Å². The molecule has 1 saturated heterocycles. The number of benzene rings is 1. The standard InChI is InChI=1S/C16H21N3O3S2/c1-3-19-14-7-5-4-6-13(14)18-16(19)23-11(2)15(20)17-12-8-9-24(21,22)10-12/h4-7,11-12H,3,8-10H2,1-2H3,(H,17,20)/t11-,12+/m1/s1. The predicted molar refractivity (Wildman–Crippen MR) is 95.9 cm³/mol. The third kappa shape index (κ3) is 3.59. The summed E-state index contributed by atoms with van der Waals surface area (Å²) in [5.41, 5.74) is 1.97. The quantitative estimate of drug-likeness (QED) is 0.816. The maximum absolute atomic E-state index is 12.4. The van der Waals surface area contributed by atoms with E-state index in [1.54, 1.807) is 0 Å². The molecule has 1 aromatic heterocycles. The molecule has 3 rings (SSSR count). The normalized spacial score (nSPS) is 21.0. The first-order valence-corrected chi connectivity index (χ1v) is 10.7. The second kappa shape index (κ2) is 6.76. The van der Waals surface area contributed by atoms with Crippen LogP contribution in [0, 0.1) is 0 Å². The van der Waals surface area contributed by atoms with Crippen LogP contribution in [0.3, 0.4) is 0 Å². The number of fused-ring (bicyclic) bond motifs is 1. The van der Waals surface area contributed by atoms with Gasteiger partial charge in [0.15, 0.2) is 15.0 Å². The van der Waals surface area contributed by atoms with Crippen molar-refractivity contribution in [2.24, 2.45) is 0 Å². The van der Waals surface area contributed by atoms with Crippen LogP contribution in [-0.2, 0) is 21.2 Å². The van der Waals surface area contributed by atoms with E-state index < -0.39 is 9.84 Å². The van der Waals surface area contributed by atoms with Gasteiger partial charge in [-0.3, -0.25) is 4.79 Å². The number of imidazole rings is 1. The van der Waals surface area contributed by atoms with Gasteiger partial charge in [-0.15, -0.1) is 0 Å². The zero-order valence-electron chi connectivity index (χ0n) is 13.7. The molecular formula is C16H21N3O3S2. The number of sulfone groups is 1. The minimum Gasteiger partial charge on any atom is -0.351 e. The van der Waals surface area contributed by atoms with Crippen molar-refractivity contribution < 1.29 is 13.2 Å². The summed E-state index contributed by atoms with van der Waals surface area (Å²) >= 11 is 1.40. The van der Waals surface area contributed by atoms with Gasteiger partial charge < -0.3 is 9.88 Å². The minimum absolute atomic E-state index is 0.0452. The van der Waals surface area contributed by atoms with Crippen molar-refractivity contribution in [3.8, 4) is 0 Å². The average molecular weight is 367 g/mol. The van der Waals surface area contributed by atoms with Crippen molar-refractivity contribution in [2.75, 3.05) is 11.5 Å². The van der Waals surface area contributed by atoms with Crippen molar-refractivity contribution in [1.29, 1.82) is 0 Å². The molecule has 6 nitrogen and oxygen atoms in total. The van der Waals surface area contributed by atoms with Crippen molar-refractivity contribution in [1.82, 2.24) is 14.9 Å². The van der Waals surface area contributed by atoms with E-state index in [9.17, 15) is 13.2 Å². The van der Waals surface area contributed by atoms with Gasteiger partial charge in [0.25, 0.3) is 0 Å². The first-order chi connectivity index (χ1) is 11.4. The summed E-state index contributed by atoms with van der Waals surface area (Å²) in [5.74, 6) is 0.0612. The highest BCUT2D eigenvalue weighted by Gasteiger charge is 2.30. The third-order valence-electron chi connectivity index (χ3n) is 4.17. The molecule has 2 atom stereocenters. The monoisotopic (exact) mass is 367 g/mol. The van der Waals surface area contributed by atoms with E-state index in [1.165, 1.54) is 11.8 Å². The SMILES string of the molecule is CCn1c(S[C@H](C)C(=O)N[C@H]2CCS(=O)(=O)C2)nc2ccccc21. The molecule has 1 fully saturated rings. The fourth-order valence-corrected chi connectivity index (χ4v) is 5.56. The molecule has 1 amide bonds. The summed E-state index contributed by atoms with van der Waals surface area (Å²) in [6.45, 7) is 4.65. The van der Waals surface area contributed by atoms with Gasteiger partial charge in [-0.1, -0.05) is 23.9 Å². The third-order valence-corrected chi connectivity index (χ3v) is 7.02. The van der Waals surface area contributed by atoms with E-state index in [4.69, 9.17) is 0 Å². The van der Waals surface area contributed by atoms with E-state index in [0.29, 0.717) is 6.42 Å². The van der Waals surface area contributed by atoms with E-state index in [0.717, 1.165) is 22.7 Å². The minimum atomic E-state index is -2.99. The fraction of sp³-hybridized carbons (Fsp3) is 0.500. The Labute approximate surface area is 145 Å². The number of nitrogens with one attached hydrogen (secondary N) is 1. The van der Waals surface area contributed by atoms with Crippen LogP contribution in [0.15, 0.2) is 29.4 Å². The topological polar surface area (TPSA) is 81.1 Å². The maximum atomic E-state index is 12.4. The van der Waals surface area contributed by atoms with Gasteiger partial charge in [0.1, 0.15) is 0 Å². The summed E-state index contributed by atoms with van der Waals surface area (Å²) < 4.78 is 25.1. The smallest absolute Gasteiger partial charge is 0.233 e. The lowest BCUT2D eigenvalue weighted by molar-refractivity contribution is -0.120. The number of aromatic nitrogens is 2. The number of rotatable bonds is 5. The highest BCUT2D eigenvalue weighted by molar-refractivity contribution is 8.00. The van der Waals surface area contributed by atoms with Crippen molar-refractivity contribution >= 4 is 38.5 Å². The lowest BCUT2D eigenvalue weighted by Crippen LogP contribution is -2.40. The Balaban J connectivity index is 1.70. The molecule has 0 unspecified atom stereocenters. The zero-order chi connectivity index (χ0) is 17.3. The van der Waals surface area contributed by atoms with Gasteiger partial charge in [0.2, 0.25) is 5.91 Å². The molecule has 8 heteroatoms. The summed E-state index contributed by atoms with van der Waals surface area (Å²) in [5, 5.41) is 3.32. The summed E-state index contributed by atoms with van der Waals surface area (Å²) in [6.07, 6.45) is 0.499. The van der Waals surface area contributed by atoms with Crippen LogP contribution in [0.2, 0.25) is 0 Å². The molecule has 0 spiro atoms. The van der Waals surface area contributed by atoms with E-state index >= 15 is 0 Å². The van der Waals surface area contributed by atoms with Gasteiger partial charge >= 0.3 is 0 Å². The highest BCUT2D eigenvalue weighted by atomic mass is 32.2. The Kier molecular flexibility index (Phi) is 4.87. The molecule has 130 valence electrons. The molecule has 0 saturated carbocycles. The van der Waals surface area contributed by atoms with E-state index in [-0.39, 0.29) is 28.7 Å². The number of nitrogens with zero attached hydrogens (tertiary/aromatic N) is 2. The van der Waals surface area contributed by atoms with Crippen LogP contribution in [0.5, 0.6) is 0 Å². The van der Waals surface area contributed by atoms with Gasteiger partial charge in [0.05, 0.1) is 27.8 Å². The number of para-hydroxylation sites is 2. The van der Waals surface area contributed by atoms with Crippen LogP contribution in [0.1, 0.15) is 20.3 Å². The van der Waals surface area contributed by atoms with Crippen molar-refractivity contribution in [3.05, 3.63) is 24.3 Å². The Hall–Kier alpha value is -1.54. The molecule has 0 aliphatic carbocycles. The Morgan fingerprint density at radius 1 is 1.46 bits per heavy atom. The van der Waals surface area contributed by atoms with Crippen LogP contribution in [0.25, 0.3) is 11.0 Å². The number of carbonyl (C=O) groups is 1. The first kappa shape index (κ1) is 17.3. The number of aryl methyl sites for hydroxylation is 1. The first-order valence-electron chi connectivity index (χ1n) is 8.02. The molecule has 0 bridgehead atoms. The van der Waals surface area contributed by atoms with Gasteiger partial charge in [-0.05, 0) is 32.4 Å². The van der Waals surface area contributed by atoms with Crippen LogP contribution in [0.4, 0.5) is 0 Å². The number of amides is 1. The lowest BCUT2D eigenvalue weighted by atomic mass is 10.2. The molecule has 24 heavy (non-hydrogen) atoms. The molecule has 1 aliphatic rings. The van der Waals surface area contributed by atoms with Gasteiger partial charge in [-0.25, -0.2) is 13.4 Å². The van der Waals surface area contributed by atoms with Gasteiger partial charge in [0, 0.05) is 12.6 Å². The second-order valence-electron chi connectivity index (χ2n) is 6.00.